The summed E-state index contributed by atoms with van der Waals surface area (Å²) in [6, 6.07) is 11.2. The van der Waals surface area contributed by atoms with Gasteiger partial charge in [0.2, 0.25) is 5.91 Å². The van der Waals surface area contributed by atoms with Crippen LogP contribution in [-0.4, -0.2) is 33.0 Å². The monoisotopic (exact) mass is 422 g/mol. The highest BCUT2D eigenvalue weighted by Gasteiger charge is 2.22. The zero-order valence-electron chi connectivity index (χ0n) is 13.8. The molecule has 1 aromatic heterocycles. The summed E-state index contributed by atoms with van der Waals surface area (Å²) in [4.78, 5) is 30.7. The maximum absolute atomic E-state index is 12.8. The number of carbonyl (C=O) groups excluding carboxylic acids is 2. The fraction of sp³-hybridized carbons (Fsp3) is 0.111. The van der Waals surface area contributed by atoms with Gasteiger partial charge in [0, 0.05) is 21.3 Å². The van der Waals surface area contributed by atoms with Crippen LogP contribution in [0.4, 0.5) is 5.69 Å². The summed E-state index contributed by atoms with van der Waals surface area (Å²) in [5, 5.41) is 5.10. The molecule has 0 fully saturated rings. The summed E-state index contributed by atoms with van der Waals surface area (Å²) in [5.74, 6) is -0.653. The first-order valence-electron chi connectivity index (χ1n) is 7.80. The van der Waals surface area contributed by atoms with Crippen molar-refractivity contribution < 1.29 is 9.59 Å². The average Bonchev–Trinajstić information content (AvgIpc) is 3.13. The van der Waals surface area contributed by atoms with E-state index in [1.54, 1.807) is 30.3 Å². The van der Waals surface area contributed by atoms with Crippen molar-refractivity contribution in [1.29, 1.82) is 0 Å². The Bertz CT molecular complexity index is 959. The van der Waals surface area contributed by atoms with Crippen molar-refractivity contribution in [2.45, 2.75) is 6.54 Å². The molecule has 1 amide bonds. The average molecular weight is 424 g/mol. The van der Waals surface area contributed by atoms with Crippen LogP contribution in [0, 0.1) is 0 Å². The molecule has 3 rings (SSSR count). The molecule has 2 aromatic carbocycles. The van der Waals surface area contributed by atoms with Gasteiger partial charge in [0.25, 0.3) is 0 Å². The Kier molecular flexibility index (Phi) is 6.11. The molecule has 138 valence electrons. The van der Waals surface area contributed by atoms with Gasteiger partial charge >= 0.3 is 0 Å². The number of ketones is 1. The van der Waals surface area contributed by atoms with Crippen molar-refractivity contribution >= 4 is 52.2 Å². The Morgan fingerprint density at radius 2 is 1.70 bits per heavy atom. The maximum atomic E-state index is 12.8. The number of anilines is 1. The number of hydrogen-bond acceptors (Lipinski definition) is 4. The normalized spacial score (nSPS) is 10.6. The van der Waals surface area contributed by atoms with E-state index < -0.39 is 0 Å². The van der Waals surface area contributed by atoms with Crippen LogP contribution >= 0.6 is 34.8 Å². The van der Waals surface area contributed by atoms with Crippen LogP contribution in [0.2, 0.25) is 15.1 Å². The molecule has 0 saturated carbocycles. The quantitative estimate of drug-likeness (QED) is 0.558. The minimum absolute atomic E-state index is 0.0652. The molecule has 6 nitrogen and oxygen atoms in total. The number of benzene rings is 2. The smallest absolute Gasteiger partial charge is 0.249 e. The number of aromatic nitrogens is 3. The van der Waals surface area contributed by atoms with Crippen molar-refractivity contribution in [3.05, 3.63) is 75.8 Å². The number of Topliss-reactive ketones (excluding diaryl/α,β-unsaturated/α-hetero) is 1. The fourth-order valence-electron chi connectivity index (χ4n) is 2.43. The number of hydrogen-bond donors (Lipinski definition) is 0. The molecular weight excluding hydrogens is 411 g/mol. The summed E-state index contributed by atoms with van der Waals surface area (Å²) in [5.41, 5.74) is 0.816. The molecule has 9 heteroatoms. The minimum Gasteiger partial charge on any atom is -0.303 e. The topological polar surface area (TPSA) is 68.1 Å². The Morgan fingerprint density at radius 1 is 1.00 bits per heavy atom. The van der Waals surface area contributed by atoms with Crippen molar-refractivity contribution in [3.63, 3.8) is 0 Å². The van der Waals surface area contributed by atoms with E-state index in [0.717, 1.165) is 0 Å². The third-order valence-electron chi connectivity index (χ3n) is 3.74. The summed E-state index contributed by atoms with van der Waals surface area (Å²) in [6.45, 7) is -0.263. The van der Waals surface area contributed by atoms with E-state index in [0.29, 0.717) is 15.7 Å². The molecule has 0 saturated heterocycles. The molecule has 0 aliphatic heterocycles. The van der Waals surface area contributed by atoms with Crippen molar-refractivity contribution in [1.82, 2.24) is 14.8 Å². The van der Waals surface area contributed by atoms with E-state index >= 15 is 0 Å². The molecule has 27 heavy (non-hydrogen) atoms. The number of amides is 1. The Labute approximate surface area is 170 Å². The zero-order chi connectivity index (χ0) is 19.4. The third kappa shape index (κ3) is 4.86. The van der Waals surface area contributed by atoms with Crippen LogP contribution in [0.3, 0.4) is 0 Å². The second-order valence-corrected chi connectivity index (χ2v) is 6.88. The van der Waals surface area contributed by atoms with Gasteiger partial charge in [0.1, 0.15) is 19.2 Å². The van der Waals surface area contributed by atoms with Gasteiger partial charge in [-0.15, -0.1) is 0 Å². The van der Waals surface area contributed by atoms with Gasteiger partial charge in [-0.1, -0.05) is 34.8 Å². The van der Waals surface area contributed by atoms with E-state index in [4.69, 9.17) is 34.8 Å². The summed E-state index contributed by atoms with van der Waals surface area (Å²) in [7, 11) is 0. The number of carbonyl (C=O) groups is 2. The zero-order valence-corrected chi connectivity index (χ0v) is 16.1. The molecule has 0 bridgehead atoms. The molecule has 0 aliphatic rings. The molecule has 0 aliphatic carbocycles. The first-order valence-corrected chi connectivity index (χ1v) is 8.94. The SMILES string of the molecule is O=C(CN(C(=O)Cn1cncn1)c1ccc(Cl)cc1)c1ccc(Cl)cc1Cl. The van der Waals surface area contributed by atoms with Crippen LogP contribution in [0.1, 0.15) is 10.4 Å². The summed E-state index contributed by atoms with van der Waals surface area (Å²) >= 11 is 17.9. The lowest BCUT2D eigenvalue weighted by Gasteiger charge is -2.22. The molecule has 0 N–H and O–H groups in total. The van der Waals surface area contributed by atoms with E-state index in [-0.39, 0.29) is 35.4 Å². The highest BCUT2D eigenvalue weighted by atomic mass is 35.5. The Hall–Kier alpha value is -2.41. The number of halogens is 3. The van der Waals surface area contributed by atoms with Gasteiger partial charge in [-0.2, -0.15) is 5.10 Å². The Balaban J connectivity index is 1.87. The van der Waals surface area contributed by atoms with E-state index in [1.807, 2.05) is 0 Å². The lowest BCUT2D eigenvalue weighted by Crippen LogP contribution is -2.38. The highest BCUT2D eigenvalue weighted by molar-refractivity contribution is 6.37. The predicted octanol–water partition coefficient (Wildman–Crippen LogP) is 4.15. The van der Waals surface area contributed by atoms with E-state index in [1.165, 1.54) is 34.4 Å². The van der Waals surface area contributed by atoms with Crippen LogP contribution in [-0.2, 0) is 11.3 Å². The van der Waals surface area contributed by atoms with E-state index in [2.05, 4.69) is 10.1 Å². The summed E-state index contributed by atoms with van der Waals surface area (Å²) < 4.78 is 1.38. The van der Waals surface area contributed by atoms with Crippen LogP contribution < -0.4 is 4.90 Å². The lowest BCUT2D eigenvalue weighted by molar-refractivity contribution is -0.119. The van der Waals surface area contributed by atoms with Crippen LogP contribution in [0.15, 0.2) is 55.1 Å². The molecule has 0 spiro atoms. The lowest BCUT2D eigenvalue weighted by atomic mass is 10.1. The number of rotatable bonds is 6. The van der Waals surface area contributed by atoms with Gasteiger partial charge < -0.3 is 4.90 Å². The second-order valence-electron chi connectivity index (χ2n) is 5.60. The Morgan fingerprint density at radius 3 is 2.33 bits per heavy atom. The summed E-state index contributed by atoms with van der Waals surface area (Å²) in [6.07, 6.45) is 2.76. The maximum Gasteiger partial charge on any atom is 0.249 e. The molecule has 1 heterocycles. The predicted molar refractivity (Wildman–Crippen MR) is 105 cm³/mol. The van der Waals surface area contributed by atoms with Gasteiger partial charge in [-0.05, 0) is 42.5 Å². The van der Waals surface area contributed by atoms with Gasteiger partial charge in [-0.25, -0.2) is 9.67 Å². The molecular formula is C18H13Cl3N4O2. The fourth-order valence-corrected chi connectivity index (χ4v) is 3.07. The van der Waals surface area contributed by atoms with Crippen molar-refractivity contribution in [2.24, 2.45) is 0 Å². The number of nitrogens with zero attached hydrogens (tertiary/aromatic N) is 4. The molecule has 0 radical (unpaired) electrons. The molecule has 0 atom stereocenters. The van der Waals surface area contributed by atoms with Crippen LogP contribution in [0.25, 0.3) is 0 Å². The standard InChI is InChI=1S/C18H13Cl3N4O2/c19-12-1-4-14(5-2-12)25(18(27)9-24-11-22-10-23-24)8-17(26)15-6-3-13(20)7-16(15)21/h1-7,10-11H,8-9H2. The van der Waals surface area contributed by atoms with Crippen molar-refractivity contribution in [3.8, 4) is 0 Å². The van der Waals surface area contributed by atoms with Gasteiger partial charge in [0.05, 0.1) is 11.6 Å². The second kappa shape index (κ2) is 8.52. The third-order valence-corrected chi connectivity index (χ3v) is 4.54. The highest BCUT2D eigenvalue weighted by Crippen LogP contribution is 2.23. The molecule has 0 unspecified atom stereocenters. The first-order chi connectivity index (χ1) is 12.9. The van der Waals surface area contributed by atoms with Crippen LogP contribution in [0.5, 0.6) is 0 Å². The molecule has 3 aromatic rings. The van der Waals surface area contributed by atoms with Gasteiger partial charge in [0.15, 0.2) is 5.78 Å². The first kappa shape index (κ1) is 19.4. The van der Waals surface area contributed by atoms with E-state index in [9.17, 15) is 9.59 Å². The van der Waals surface area contributed by atoms with Crippen molar-refractivity contribution in [2.75, 3.05) is 11.4 Å². The largest absolute Gasteiger partial charge is 0.303 e. The van der Waals surface area contributed by atoms with Gasteiger partial charge in [-0.3, -0.25) is 9.59 Å². The minimum atomic E-state index is -0.332.